The van der Waals surface area contributed by atoms with Crippen molar-refractivity contribution >= 4 is 17.8 Å². The quantitative estimate of drug-likeness (QED) is 0.667. The van der Waals surface area contributed by atoms with Crippen LogP contribution in [-0.4, -0.2) is 40.8 Å². The number of nitrogens with one attached hydrogen (secondary N) is 2. The smallest absolute Gasteiger partial charge is 0.302 e. The van der Waals surface area contributed by atoms with Crippen LogP contribution in [0.4, 0.5) is 6.01 Å². The Morgan fingerprint density at radius 1 is 1.03 bits per heavy atom. The number of benzene rings is 1. The molecule has 2 aromatic heterocycles. The van der Waals surface area contributed by atoms with Gasteiger partial charge in [-0.2, -0.15) is 4.98 Å². The molecular weight excluding hydrogens is 372 g/mol. The molecule has 2 amide bonds. The molecule has 8 heteroatoms. The molecule has 1 saturated heterocycles. The molecule has 8 nitrogen and oxygen atoms in total. The molecule has 0 saturated carbocycles. The zero-order valence-corrected chi connectivity index (χ0v) is 15.8. The van der Waals surface area contributed by atoms with Gasteiger partial charge in [-0.3, -0.25) is 19.8 Å². The lowest BCUT2D eigenvalue weighted by molar-refractivity contribution is 0.0903. The maximum Gasteiger partial charge on any atom is 0.302 e. The van der Waals surface area contributed by atoms with Crippen molar-refractivity contribution in [2.75, 3.05) is 18.4 Å². The maximum absolute atomic E-state index is 12.4. The molecule has 1 aliphatic rings. The van der Waals surface area contributed by atoms with E-state index in [2.05, 4.69) is 32.7 Å². The molecule has 1 fully saturated rings. The van der Waals surface area contributed by atoms with Crippen molar-refractivity contribution in [2.45, 2.75) is 25.4 Å². The van der Waals surface area contributed by atoms with Gasteiger partial charge in [0.15, 0.2) is 11.5 Å². The third kappa shape index (κ3) is 4.91. The summed E-state index contributed by atoms with van der Waals surface area (Å²) < 4.78 is 10.2. The number of carbonyl (C=O) groups excluding carboxylic acids is 2. The Labute approximate surface area is 167 Å². The number of aromatic nitrogens is 1. The van der Waals surface area contributed by atoms with Crippen molar-refractivity contribution in [1.82, 2.24) is 15.2 Å². The number of anilines is 1. The van der Waals surface area contributed by atoms with E-state index in [4.69, 9.17) is 8.83 Å². The van der Waals surface area contributed by atoms with Crippen LogP contribution in [0.25, 0.3) is 0 Å². The molecule has 0 atom stereocenters. The Morgan fingerprint density at radius 2 is 1.83 bits per heavy atom. The lowest BCUT2D eigenvalue weighted by atomic mass is 10.0. The standard InChI is InChI=1S/C21H22N4O4/c26-19(17-14-29-21(23-17)24-20(27)18-7-4-12-28-18)22-16-8-10-25(11-9-16)13-15-5-2-1-3-6-15/h1-7,12,14,16H,8-11,13H2,(H,22,26)(H,23,24,27). The second-order valence-electron chi connectivity index (χ2n) is 6.98. The van der Waals surface area contributed by atoms with Crippen LogP contribution in [0.1, 0.15) is 39.4 Å². The number of hydrogen-bond acceptors (Lipinski definition) is 6. The average Bonchev–Trinajstić information content (AvgIpc) is 3.42. The van der Waals surface area contributed by atoms with Crippen molar-refractivity contribution in [3.8, 4) is 0 Å². The fourth-order valence-electron chi connectivity index (χ4n) is 3.34. The van der Waals surface area contributed by atoms with Gasteiger partial charge in [-0.05, 0) is 30.5 Å². The molecule has 0 bridgehead atoms. The largest absolute Gasteiger partial charge is 0.459 e. The van der Waals surface area contributed by atoms with Gasteiger partial charge in [0, 0.05) is 25.7 Å². The van der Waals surface area contributed by atoms with E-state index in [1.807, 2.05) is 18.2 Å². The number of oxazole rings is 1. The lowest BCUT2D eigenvalue weighted by Crippen LogP contribution is -2.44. The van der Waals surface area contributed by atoms with E-state index in [0.717, 1.165) is 32.5 Å². The minimum absolute atomic E-state index is 0.0470. The molecule has 4 rings (SSSR count). The minimum Gasteiger partial charge on any atom is -0.459 e. The van der Waals surface area contributed by atoms with E-state index in [-0.39, 0.29) is 29.4 Å². The summed E-state index contributed by atoms with van der Waals surface area (Å²) in [5.41, 5.74) is 1.42. The number of furan rings is 1. The van der Waals surface area contributed by atoms with Gasteiger partial charge in [-0.15, -0.1) is 0 Å². The molecule has 0 aliphatic carbocycles. The van der Waals surface area contributed by atoms with E-state index in [1.54, 1.807) is 6.07 Å². The van der Waals surface area contributed by atoms with Crippen LogP contribution in [0.5, 0.6) is 0 Å². The summed E-state index contributed by atoms with van der Waals surface area (Å²) in [6, 6.07) is 13.5. The van der Waals surface area contributed by atoms with Crippen LogP contribution >= 0.6 is 0 Å². The van der Waals surface area contributed by atoms with E-state index >= 15 is 0 Å². The molecule has 29 heavy (non-hydrogen) atoms. The molecule has 150 valence electrons. The van der Waals surface area contributed by atoms with Crippen molar-refractivity contribution in [2.24, 2.45) is 0 Å². The van der Waals surface area contributed by atoms with Crippen molar-refractivity contribution in [3.05, 3.63) is 72.0 Å². The Morgan fingerprint density at radius 3 is 2.55 bits per heavy atom. The highest BCUT2D eigenvalue weighted by Crippen LogP contribution is 2.15. The Bertz CT molecular complexity index is 944. The summed E-state index contributed by atoms with van der Waals surface area (Å²) in [5, 5.41) is 5.45. The fourth-order valence-corrected chi connectivity index (χ4v) is 3.34. The number of amides is 2. The number of hydrogen-bond donors (Lipinski definition) is 2. The Hall–Kier alpha value is -3.39. The van der Waals surface area contributed by atoms with Gasteiger partial charge in [0.1, 0.15) is 6.26 Å². The van der Waals surface area contributed by atoms with Gasteiger partial charge in [-0.25, -0.2) is 0 Å². The topological polar surface area (TPSA) is 101 Å². The SMILES string of the molecule is O=C(NC1CCN(Cc2ccccc2)CC1)c1coc(NC(=O)c2ccco2)n1. The first-order valence-corrected chi connectivity index (χ1v) is 9.55. The molecule has 3 aromatic rings. The van der Waals surface area contributed by atoms with Crippen LogP contribution in [0, 0.1) is 0 Å². The number of rotatable bonds is 6. The van der Waals surface area contributed by atoms with Crippen molar-refractivity contribution in [1.29, 1.82) is 0 Å². The normalized spacial score (nSPS) is 15.2. The third-order valence-corrected chi connectivity index (χ3v) is 4.87. The first-order valence-electron chi connectivity index (χ1n) is 9.55. The van der Waals surface area contributed by atoms with E-state index < -0.39 is 5.91 Å². The molecule has 1 aliphatic heterocycles. The van der Waals surface area contributed by atoms with Gasteiger partial charge < -0.3 is 14.2 Å². The Balaban J connectivity index is 1.25. The number of carbonyl (C=O) groups is 2. The van der Waals surface area contributed by atoms with Crippen molar-refractivity contribution in [3.63, 3.8) is 0 Å². The molecule has 0 spiro atoms. The predicted octanol–water partition coefficient (Wildman–Crippen LogP) is 2.91. The fraction of sp³-hybridized carbons (Fsp3) is 0.286. The van der Waals surface area contributed by atoms with Crippen LogP contribution in [0.3, 0.4) is 0 Å². The van der Waals surface area contributed by atoms with Crippen LogP contribution in [0.15, 0.2) is 63.8 Å². The number of likely N-dealkylation sites (tertiary alicyclic amines) is 1. The zero-order chi connectivity index (χ0) is 20.1. The second-order valence-corrected chi connectivity index (χ2v) is 6.98. The van der Waals surface area contributed by atoms with Gasteiger partial charge in [0.25, 0.3) is 11.8 Å². The second kappa shape index (κ2) is 8.74. The van der Waals surface area contributed by atoms with E-state index in [0.29, 0.717) is 0 Å². The summed E-state index contributed by atoms with van der Waals surface area (Å²) in [6.07, 6.45) is 4.38. The average molecular weight is 394 g/mol. The molecule has 0 radical (unpaired) electrons. The van der Waals surface area contributed by atoms with Crippen LogP contribution in [0.2, 0.25) is 0 Å². The van der Waals surface area contributed by atoms with Gasteiger partial charge in [0.2, 0.25) is 0 Å². The van der Waals surface area contributed by atoms with E-state index in [9.17, 15) is 9.59 Å². The lowest BCUT2D eigenvalue weighted by Gasteiger charge is -2.32. The summed E-state index contributed by atoms with van der Waals surface area (Å²) in [7, 11) is 0. The first-order chi connectivity index (χ1) is 14.2. The maximum atomic E-state index is 12.4. The van der Waals surface area contributed by atoms with E-state index in [1.165, 1.54) is 24.2 Å². The monoisotopic (exact) mass is 394 g/mol. The van der Waals surface area contributed by atoms with Crippen molar-refractivity contribution < 1.29 is 18.4 Å². The zero-order valence-electron chi connectivity index (χ0n) is 15.8. The first kappa shape index (κ1) is 18.9. The summed E-state index contributed by atoms with van der Waals surface area (Å²) in [5.74, 6) is -0.667. The molecular formula is C21H22N4O4. The number of nitrogens with zero attached hydrogens (tertiary/aromatic N) is 2. The highest BCUT2D eigenvalue weighted by molar-refractivity contribution is 6.01. The highest BCUT2D eigenvalue weighted by Gasteiger charge is 2.23. The molecule has 2 N–H and O–H groups in total. The summed E-state index contributed by atoms with van der Waals surface area (Å²) in [4.78, 5) is 30.8. The van der Waals surface area contributed by atoms with Crippen LogP contribution in [-0.2, 0) is 6.54 Å². The van der Waals surface area contributed by atoms with Gasteiger partial charge >= 0.3 is 6.01 Å². The van der Waals surface area contributed by atoms with Crippen LogP contribution < -0.4 is 10.6 Å². The van der Waals surface area contributed by atoms with Gasteiger partial charge in [-0.1, -0.05) is 30.3 Å². The summed E-state index contributed by atoms with van der Waals surface area (Å²) in [6.45, 7) is 2.76. The molecule has 1 aromatic carbocycles. The Kier molecular flexibility index (Phi) is 5.71. The molecule has 3 heterocycles. The molecule has 0 unspecified atom stereocenters. The minimum atomic E-state index is -0.491. The predicted molar refractivity (Wildman–Crippen MR) is 105 cm³/mol. The third-order valence-electron chi connectivity index (χ3n) is 4.87. The highest BCUT2D eigenvalue weighted by atomic mass is 16.4. The summed E-state index contributed by atoms with van der Waals surface area (Å²) >= 11 is 0. The van der Waals surface area contributed by atoms with Gasteiger partial charge in [0.05, 0.1) is 6.26 Å². The number of piperidine rings is 1.